The second-order valence-electron chi connectivity index (χ2n) is 7.84. The fourth-order valence-electron chi connectivity index (χ4n) is 3.55. The lowest BCUT2D eigenvalue weighted by molar-refractivity contribution is 0.0849. The Morgan fingerprint density at radius 2 is 2.00 bits per heavy atom. The summed E-state index contributed by atoms with van der Waals surface area (Å²) in [5.41, 5.74) is -0.421. The molecular formula is C23H22ClFN4O4. The summed E-state index contributed by atoms with van der Waals surface area (Å²) in [7, 11) is 0. The van der Waals surface area contributed by atoms with Crippen molar-refractivity contribution in [1.82, 2.24) is 19.7 Å². The van der Waals surface area contributed by atoms with Crippen molar-refractivity contribution in [3.63, 3.8) is 0 Å². The maximum Gasteiger partial charge on any atom is 0.352 e. The van der Waals surface area contributed by atoms with Gasteiger partial charge in [-0.05, 0) is 55.2 Å². The normalized spacial score (nSPS) is 15.5. The Morgan fingerprint density at radius 3 is 2.67 bits per heavy atom. The third-order valence-corrected chi connectivity index (χ3v) is 5.85. The fourth-order valence-corrected chi connectivity index (χ4v) is 3.72. The van der Waals surface area contributed by atoms with Gasteiger partial charge in [0.1, 0.15) is 5.82 Å². The van der Waals surface area contributed by atoms with Crippen molar-refractivity contribution < 1.29 is 13.9 Å². The summed E-state index contributed by atoms with van der Waals surface area (Å²) < 4.78 is 20.7. The van der Waals surface area contributed by atoms with Crippen molar-refractivity contribution in [3.05, 3.63) is 91.0 Å². The number of carbonyl (C=O) groups is 1. The number of hydrogen-bond acceptors (Lipinski definition) is 5. The molecule has 0 saturated carbocycles. The predicted molar refractivity (Wildman–Crippen MR) is 121 cm³/mol. The summed E-state index contributed by atoms with van der Waals surface area (Å²) in [6, 6.07) is 10.3. The van der Waals surface area contributed by atoms with Crippen LogP contribution in [0.1, 0.15) is 34.5 Å². The van der Waals surface area contributed by atoms with Gasteiger partial charge in [0.2, 0.25) is 5.69 Å². The number of ether oxygens (including phenoxy) is 1. The van der Waals surface area contributed by atoms with Gasteiger partial charge in [-0.15, -0.1) is 0 Å². The standard InChI is InChI=1S/C23H22ClFN4O4/c1-14-4-9-17(11-19(14)24)29-23(32)28(13-15-5-7-16(25)8-6-15)22(31)20(27-29)21(30)26-12-18-3-2-10-33-18/h4-9,11,18H,2-3,10,12-13H2,1H3,(H,26,30). The molecule has 0 aliphatic carbocycles. The van der Waals surface area contributed by atoms with Crippen molar-refractivity contribution in [2.45, 2.75) is 32.4 Å². The van der Waals surface area contributed by atoms with E-state index in [0.717, 1.165) is 27.7 Å². The largest absolute Gasteiger partial charge is 0.376 e. The monoisotopic (exact) mass is 472 g/mol. The van der Waals surface area contributed by atoms with E-state index in [-0.39, 0.29) is 19.2 Å². The number of nitrogens with zero attached hydrogens (tertiary/aromatic N) is 3. The van der Waals surface area contributed by atoms with Gasteiger partial charge in [0.25, 0.3) is 11.5 Å². The Hall–Kier alpha value is -3.30. The van der Waals surface area contributed by atoms with Crippen LogP contribution in [0.2, 0.25) is 5.02 Å². The lowest BCUT2D eigenvalue weighted by atomic mass is 10.2. The number of aryl methyl sites for hydroxylation is 1. The molecule has 1 aromatic heterocycles. The van der Waals surface area contributed by atoms with E-state index in [2.05, 4.69) is 10.4 Å². The molecule has 1 saturated heterocycles. The van der Waals surface area contributed by atoms with Crippen LogP contribution in [0, 0.1) is 12.7 Å². The zero-order chi connectivity index (χ0) is 23.5. The van der Waals surface area contributed by atoms with Gasteiger partial charge in [-0.1, -0.05) is 29.8 Å². The highest BCUT2D eigenvalue weighted by Crippen LogP contribution is 2.18. The van der Waals surface area contributed by atoms with Crippen molar-refractivity contribution in [2.75, 3.05) is 13.2 Å². The number of halogens is 2. The van der Waals surface area contributed by atoms with Crippen molar-refractivity contribution >= 4 is 17.5 Å². The molecule has 1 aliphatic rings. The molecule has 1 atom stereocenters. The molecule has 0 radical (unpaired) electrons. The molecule has 1 unspecified atom stereocenters. The van der Waals surface area contributed by atoms with E-state index in [1.165, 1.54) is 30.3 Å². The molecule has 1 aliphatic heterocycles. The van der Waals surface area contributed by atoms with E-state index in [9.17, 15) is 18.8 Å². The third kappa shape index (κ3) is 5.04. The van der Waals surface area contributed by atoms with E-state index in [1.54, 1.807) is 12.1 Å². The third-order valence-electron chi connectivity index (χ3n) is 5.44. The summed E-state index contributed by atoms with van der Waals surface area (Å²) >= 11 is 6.22. The molecule has 2 aromatic carbocycles. The zero-order valence-corrected chi connectivity index (χ0v) is 18.6. The smallest absolute Gasteiger partial charge is 0.352 e. The van der Waals surface area contributed by atoms with Crippen LogP contribution in [0.25, 0.3) is 5.69 Å². The summed E-state index contributed by atoms with van der Waals surface area (Å²) in [6.45, 7) is 2.50. The highest BCUT2D eigenvalue weighted by Gasteiger charge is 2.23. The lowest BCUT2D eigenvalue weighted by Gasteiger charge is -2.14. The van der Waals surface area contributed by atoms with Crippen LogP contribution >= 0.6 is 11.6 Å². The number of amides is 1. The number of rotatable bonds is 6. The first-order valence-electron chi connectivity index (χ1n) is 10.5. The lowest BCUT2D eigenvalue weighted by Crippen LogP contribution is -2.46. The van der Waals surface area contributed by atoms with Crippen molar-refractivity contribution in [3.8, 4) is 5.69 Å². The second kappa shape index (κ2) is 9.68. The Morgan fingerprint density at radius 1 is 1.24 bits per heavy atom. The minimum absolute atomic E-state index is 0.128. The molecule has 1 amide bonds. The highest BCUT2D eigenvalue weighted by atomic mass is 35.5. The Bertz CT molecular complexity index is 1300. The summed E-state index contributed by atoms with van der Waals surface area (Å²) in [5, 5.41) is 7.15. The van der Waals surface area contributed by atoms with E-state index in [4.69, 9.17) is 16.3 Å². The van der Waals surface area contributed by atoms with E-state index in [1.807, 2.05) is 6.92 Å². The zero-order valence-electron chi connectivity index (χ0n) is 17.9. The number of carbonyl (C=O) groups excluding carboxylic acids is 1. The summed E-state index contributed by atoms with van der Waals surface area (Å²) in [5.74, 6) is -1.16. The molecular weight excluding hydrogens is 451 g/mol. The first kappa shape index (κ1) is 22.9. The molecule has 3 aromatic rings. The first-order chi connectivity index (χ1) is 15.8. The highest BCUT2D eigenvalue weighted by molar-refractivity contribution is 6.31. The molecule has 0 bridgehead atoms. The van der Waals surface area contributed by atoms with Gasteiger partial charge in [-0.2, -0.15) is 9.78 Å². The van der Waals surface area contributed by atoms with Crippen molar-refractivity contribution in [2.24, 2.45) is 0 Å². The molecule has 0 spiro atoms. The average molecular weight is 473 g/mol. The average Bonchev–Trinajstić information content (AvgIpc) is 3.32. The molecule has 2 heterocycles. The van der Waals surface area contributed by atoms with Crippen LogP contribution in [0.4, 0.5) is 4.39 Å². The van der Waals surface area contributed by atoms with Crippen LogP contribution in [-0.4, -0.2) is 39.5 Å². The van der Waals surface area contributed by atoms with E-state index in [0.29, 0.717) is 22.9 Å². The molecule has 1 N–H and O–H groups in total. The second-order valence-corrected chi connectivity index (χ2v) is 8.25. The van der Waals surface area contributed by atoms with Gasteiger partial charge in [0, 0.05) is 18.2 Å². The topological polar surface area (TPSA) is 95.2 Å². The van der Waals surface area contributed by atoms with Crippen LogP contribution in [0.3, 0.4) is 0 Å². The van der Waals surface area contributed by atoms with Gasteiger partial charge in [0.05, 0.1) is 18.3 Å². The Balaban J connectivity index is 1.78. The Kier molecular flexibility index (Phi) is 6.71. The minimum atomic E-state index is -0.844. The van der Waals surface area contributed by atoms with Gasteiger partial charge in [-0.3, -0.25) is 14.2 Å². The quantitative estimate of drug-likeness (QED) is 0.594. The molecule has 4 rings (SSSR count). The Labute approximate surface area is 193 Å². The molecule has 172 valence electrons. The van der Waals surface area contributed by atoms with Gasteiger partial charge in [0.15, 0.2) is 0 Å². The maximum atomic E-state index is 13.3. The van der Waals surface area contributed by atoms with Gasteiger partial charge in [-0.25, -0.2) is 9.18 Å². The van der Waals surface area contributed by atoms with Crippen molar-refractivity contribution in [1.29, 1.82) is 0 Å². The predicted octanol–water partition coefficient (Wildman–Crippen LogP) is 2.45. The first-order valence-corrected chi connectivity index (χ1v) is 10.9. The summed E-state index contributed by atoms with van der Waals surface area (Å²) in [4.78, 5) is 39.1. The van der Waals surface area contributed by atoms with Crippen LogP contribution in [0.15, 0.2) is 52.1 Å². The van der Waals surface area contributed by atoms with Crippen LogP contribution < -0.4 is 16.6 Å². The number of nitrogens with one attached hydrogen (secondary N) is 1. The number of hydrogen-bond donors (Lipinski definition) is 1. The van der Waals surface area contributed by atoms with Crippen LogP contribution in [0.5, 0.6) is 0 Å². The number of benzene rings is 2. The van der Waals surface area contributed by atoms with Gasteiger partial charge >= 0.3 is 5.69 Å². The summed E-state index contributed by atoms with van der Waals surface area (Å²) in [6.07, 6.45) is 1.59. The van der Waals surface area contributed by atoms with Crippen LogP contribution in [-0.2, 0) is 11.3 Å². The van der Waals surface area contributed by atoms with E-state index < -0.39 is 28.7 Å². The molecule has 1 fully saturated rings. The molecule has 8 nitrogen and oxygen atoms in total. The number of aromatic nitrogens is 3. The maximum absolute atomic E-state index is 13.3. The molecule has 10 heteroatoms. The molecule has 33 heavy (non-hydrogen) atoms. The minimum Gasteiger partial charge on any atom is -0.376 e. The SMILES string of the molecule is Cc1ccc(-n2nc(C(=O)NCC3CCCO3)c(=O)n(Cc3ccc(F)cc3)c2=O)cc1Cl. The fraction of sp³-hybridized carbons (Fsp3) is 0.304. The van der Waals surface area contributed by atoms with Gasteiger partial charge < -0.3 is 10.1 Å². The van der Waals surface area contributed by atoms with E-state index >= 15 is 0 Å².